The van der Waals surface area contributed by atoms with E-state index in [0.29, 0.717) is 22.6 Å². The second-order valence-electron chi connectivity index (χ2n) is 5.73. The van der Waals surface area contributed by atoms with Gasteiger partial charge in [-0.2, -0.15) is 0 Å². The van der Waals surface area contributed by atoms with Gasteiger partial charge in [-0.1, -0.05) is 0 Å². The molecule has 0 aliphatic carbocycles. The highest BCUT2D eigenvalue weighted by molar-refractivity contribution is 5.96. The number of amides is 3. The summed E-state index contributed by atoms with van der Waals surface area (Å²) in [5.41, 5.74) is 0.881. The Morgan fingerprint density at radius 2 is 1.93 bits per heavy atom. The summed E-state index contributed by atoms with van der Waals surface area (Å²) in [6.07, 6.45) is 1.27. The number of ether oxygens (including phenoxy) is 2. The van der Waals surface area contributed by atoms with Gasteiger partial charge in [-0.3, -0.25) is 19.7 Å². The Hall–Kier alpha value is -3.62. The van der Waals surface area contributed by atoms with Crippen LogP contribution < -0.4 is 15.4 Å². The van der Waals surface area contributed by atoms with Gasteiger partial charge in [-0.15, -0.1) is 0 Å². The van der Waals surface area contributed by atoms with Crippen molar-refractivity contribution in [3.63, 3.8) is 0 Å². The van der Waals surface area contributed by atoms with Gasteiger partial charge in [0.25, 0.3) is 5.91 Å². The van der Waals surface area contributed by atoms with Crippen LogP contribution in [-0.4, -0.2) is 37.4 Å². The highest BCUT2D eigenvalue weighted by Crippen LogP contribution is 2.21. The lowest BCUT2D eigenvalue weighted by molar-refractivity contribution is -0.147. The van der Waals surface area contributed by atoms with Crippen LogP contribution in [0.1, 0.15) is 28.6 Å². The first-order valence-corrected chi connectivity index (χ1v) is 8.32. The zero-order valence-electron chi connectivity index (χ0n) is 15.4. The van der Waals surface area contributed by atoms with Crippen LogP contribution in [0.5, 0.6) is 5.75 Å². The minimum atomic E-state index is -0.783. The first-order chi connectivity index (χ1) is 13.4. The number of hydrogen-bond donors (Lipinski definition) is 2. The molecule has 28 heavy (non-hydrogen) atoms. The minimum Gasteiger partial charge on any atom is -0.496 e. The van der Waals surface area contributed by atoms with Gasteiger partial charge in [0.15, 0.2) is 12.4 Å². The number of rotatable bonds is 8. The third-order valence-electron chi connectivity index (χ3n) is 3.64. The Labute approximate surface area is 161 Å². The number of benzene rings is 1. The Bertz CT molecular complexity index is 859. The van der Waals surface area contributed by atoms with Gasteiger partial charge >= 0.3 is 12.0 Å². The summed E-state index contributed by atoms with van der Waals surface area (Å²) in [4.78, 5) is 46.7. The molecule has 0 radical (unpaired) electrons. The van der Waals surface area contributed by atoms with Crippen molar-refractivity contribution in [1.29, 1.82) is 0 Å². The molecular weight excluding hydrogens is 368 g/mol. The molecule has 0 atom stereocenters. The third kappa shape index (κ3) is 6.27. The Morgan fingerprint density at radius 3 is 2.57 bits per heavy atom. The molecule has 0 unspecified atom stereocenters. The van der Waals surface area contributed by atoms with Crippen LogP contribution in [0.2, 0.25) is 0 Å². The van der Waals surface area contributed by atoms with Crippen molar-refractivity contribution < 1.29 is 33.1 Å². The van der Waals surface area contributed by atoms with Gasteiger partial charge in [-0.05, 0) is 37.3 Å². The Kier molecular flexibility index (Phi) is 7.32. The second-order valence-corrected chi connectivity index (χ2v) is 5.73. The zero-order valence-corrected chi connectivity index (χ0v) is 15.4. The van der Waals surface area contributed by atoms with Crippen molar-refractivity contribution in [1.82, 2.24) is 10.6 Å². The molecule has 2 aromatic rings. The van der Waals surface area contributed by atoms with Crippen molar-refractivity contribution >= 4 is 23.7 Å². The summed E-state index contributed by atoms with van der Waals surface area (Å²) < 4.78 is 15.1. The summed E-state index contributed by atoms with van der Waals surface area (Å²) in [5.74, 6) is -0.698. The summed E-state index contributed by atoms with van der Waals surface area (Å²) in [6.45, 7) is 0.894. The van der Waals surface area contributed by atoms with Crippen LogP contribution in [0.3, 0.4) is 0 Å². The number of urea groups is 1. The molecule has 1 heterocycles. The molecule has 0 spiro atoms. The van der Waals surface area contributed by atoms with Crippen molar-refractivity contribution in [3.8, 4) is 5.75 Å². The highest BCUT2D eigenvalue weighted by atomic mass is 16.5. The lowest BCUT2D eigenvalue weighted by Crippen LogP contribution is -2.41. The van der Waals surface area contributed by atoms with Crippen molar-refractivity contribution in [2.75, 3.05) is 13.7 Å². The molecule has 0 saturated heterocycles. The molecular formula is C19H20N2O7. The van der Waals surface area contributed by atoms with E-state index in [1.165, 1.54) is 26.4 Å². The Balaban J connectivity index is 1.80. The molecule has 1 aromatic heterocycles. The molecule has 0 bridgehead atoms. The average Bonchev–Trinajstić information content (AvgIpc) is 3.18. The van der Waals surface area contributed by atoms with Crippen LogP contribution >= 0.6 is 0 Å². The second kappa shape index (κ2) is 9.91. The first kappa shape index (κ1) is 20.7. The van der Waals surface area contributed by atoms with E-state index in [2.05, 4.69) is 5.32 Å². The summed E-state index contributed by atoms with van der Waals surface area (Å²) in [6, 6.07) is 7.29. The maximum atomic E-state index is 12.0. The van der Waals surface area contributed by atoms with Crippen LogP contribution in [0.4, 0.5) is 4.79 Å². The molecule has 3 amide bonds. The molecule has 2 rings (SSSR count). The van der Waals surface area contributed by atoms with Gasteiger partial charge in [0.2, 0.25) is 0 Å². The topological polar surface area (TPSA) is 124 Å². The van der Waals surface area contributed by atoms with E-state index >= 15 is 0 Å². The number of carbonyl (C=O) groups excluding carboxylic acids is 4. The fourth-order valence-electron chi connectivity index (χ4n) is 2.28. The average molecular weight is 388 g/mol. The lowest BCUT2D eigenvalue weighted by atomic mass is 10.0. The molecule has 0 aliphatic heterocycles. The van der Waals surface area contributed by atoms with Crippen LogP contribution in [-0.2, 0) is 27.3 Å². The molecule has 9 heteroatoms. The predicted octanol–water partition coefficient (Wildman–Crippen LogP) is 1.60. The Morgan fingerprint density at radius 1 is 1.14 bits per heavy atom. The van der Waals surface area contributed by atoms with E-state index in [9.17, 15) is 19.2 Å². The maximum Gasteiger partial charge on any atom is 0.321 e. The van der Waals surface area contributed by atoms with Crippen LogP contribution in [0, 0.1) is 0 Å². The lowest BCUT2D eigenvalue weighted by Gasteiger charge is -2.10. The monoisotopic (exact) mass is 388 g/mol. The SMILES string of the molecule is COc1ccc(C(C)=O)cc1CC(=O)OCC(=O)NC(=O)NCc1ccco1. The number of esters is 1. The van der Waals surface area contributed by atoms with E-state index < -0.39 is 24.5 Å². The first-order valence-electron chi connectivity index (χ1n) is 8.32. The van der Waals surface area contributed by atoms with Crippen molar-refractivity contribution in [2.45, 2.75) is 19.9 Å². The van der Waals surface area contributed by atoms with Crippen LogP contribution in [0.15, 0.2) is 41.0 Å². The van der Waals surface area contributed by atoms with Gasteiger partial charge in [0, 0.05) is 11.1 Å². The number of Topliss-reactive ketones (excluding diaryl/α,β-unsaturated/α-hetero) is 1. The molecule has 0 saturated carbocycles. The number of methoxy groups -OCH3 is 1. The number of carbonyl (C=O) groups is 4. The maximum absolute atomic E-state index is 12.0. The molecule has 148 valence electrons. The minimum absolute atomic E-state index is 0.109. The van der Waals surface area contributed by atoms with Crippen LogP contribution in [0.25, 0.3) is 0 Å². The van der Waals surface area contributed by atoms with Crippen molar-refractivity contribution in [3.05, 3.63) is 53.5 Å². The van der Waals surface area contributed by atoms with E-state index in [1.807, 2.05) is 5.32 Å². The highest BCUT2D eigenvalue weighted by Gasteiger charge is 2.15. The predicted molar refractivity (Wildman–Crippen MR) is 96.7 cm³/mol. The number of hydrogen-bond acceptors (Lipinski definition) is 7. The summed E-state index contributed by atoms with van der Waals surface area (Å²) in [7, 11) is 1.44. The summed E-state index contributed by atoms with van der Waals surface area (Å²) in [5, 5.41) is 4.45. The molecule has 0 fully saturated rings. The van der Waals surface area contributed by atoms with Gasteiger partial charge in [-0.25, -0.2) is 4.79 Å². The fourth-order valence-corrected chi connectivity index (χ4v) is 2.28. The third-order valence-corrected chi connectivity index (χ3v) is 3.64. The van der Waals surface area contributed by atoms with E-state index in [1.54, 1.807) is 24.3 Å². The zero-order chi connectivity index (χ0) is 20.5. The fraction of sp³-hybridized carbons (Fsp3) is 0.263. The van der Waals surface area contributed by atoms with E-state index in [0.717, 1.165) is 0 Å². The number of ketones is 1. The summed E-state index contributed by atoms with van der Waals surface area (Å²) >= 11 is 0. The standard InChI is InChI=1S/C19H20N2O7/c1-12(22)13-5-6-16(26-2)14(8-13)9-18(24)28-11-17(23)21-19(25)20-10-15-4-3-7-27-15/h3-8H,9-11H2,1-2H3,(H2,20,21,23,25). The molecule has 9 nitrogen and oxygen atoms in total. The molecule has 1 aromatic carbocycles. The number of furan rings is 1. The van der Waals surface area contributed by atoms with Crippen molar-refractivity contribution in [2.24, 2.45) is 0 Å². The van der Waals surface area contributed by atoms with Gasteiger partial charge < -0.3 is 19.2 Å². The van der Waals surface area contributed by atoms with Gasteiger partial charge in [0.1, 0.15) is 11.5 Å². The largest absolute Gasteiger partial charge is 0.496 e. The quantitative estimate of drug-likeness (QED) is 0.520. The number of imide groups is 1. The van der Waals surface area contributed by atoms with Gasteiger partial charge in [0.05, 0.1) is 26.3 Å². The number of nitrogens with one attached hydrogen (secondary N) is 2. The molecule has 2 N–H and O–H groups in total. The normalized spacial score (nSPS) is 10.1. The molecule has 0 aliphatic rings. The van der Waals surface area contributed by atoms with E-state index in [-0.39, 0.29) is 18.7 Å². The smallest absolute Gasteiger partial charge is 0.321 e. The van der Waals surface area contributed by atoms with E-state index in [4.69, 9.17) is 13.9 Å².